The van der Waals surface area contributed by atoms with Crippen LogP contribution in [0.5, 0.6) is 0 Å². The van der Waals surface area contributed by atoms with Gasteiger partial charge >= 0.3 is 0 Å². The van der Waals surface area contributed by atoms with Gasteiger partial charge in [-0.25, -0.2) is 5.10 Å². The molecule has 1 aromatic heterocycles. The number of methoxy groups -OCH3 is 2. The summed E-state index contributed by atoms with van der Waals surface area (Å²) < 4.78 is 10.3. The van der Waals surface area contributed by atoms with E-state index in [1.165, 1.54) is 14.2 Å². The summed E-state index contributed by atoms with van der Waals surface area (Å²) in [5, 5.41) is 7.70. The average molecular weight is 220 g/mol. The minimum Gasteiger partial charge on any atom is -0.350 e. The van der Waals surface area contributed by atoms with Crippen LogP contribution >= 0.6 is 0 Å². The first-order valence-corrected chi connectivity index (χ1v) is 4.81. The lowest BCUT2D eigenvalue weighted by Crippen LogP contribution is -2.15. The number of aromatic nitrogens is 2. The molecule has 1 aromatic carbocycles. The molecule has 16 heavy (non-hydrogen) atoms. The second-order valence-corrected chi connectivity index (χ2v) is 3.29. The van der Waals surface area contributed by atoms with Gasteiger partial charge in [-0.15, -0.1) is 0 Å². The van der Waals surface area contributed by atoms with Crippen molar-refractivity contribution in [3.05, 3.63) is 40.3 Å². The number of ether oxygens (including phenoxy) is 2. The van der Waals surface area contributed by atoms with Gasteiger partial charge in [-0.1, -0.05) is 18.2 Å². The zero-order valence-electron chi connectivity index (χ0n) is 9.06. The van der Waals surface area contributed by atoms with E-state index in [0.29, 0.717) is 11.1 Å². The van der Waals surface area contributed by atoms with Crippen LogP contribution in [0.2, 0.25) is 0 Å². The highest BCUT2D eigenvalue weighted by atomic mass is 16.7. The zero-order valence-corrected chi connectivity index (χ0v) is 9.06. The fourth-order valence-corrected chi connectivity index (χ4v) is 1.64. The predicted molar refractivity (Wildman–Crippen MR) is 59.1 cm³/mol. The van der Waals surface area contributed by atoms with Gasteiger partial charge in [0.15, 0.2) is 0 Å². The molecule has 0 atom stereocenters. The first kappa shape index (κ1) is 10.8. The van der Waals surface area contributed by atoms with Crippen LogP contribution in [0.3, 0.4) is 0 Å². The smallest absolute Gasteiger partial charge is 0.272 e. The number of aromatic amines is 1. The number of rotatable bonds is 3. The van der Waals surface area contributed by atoms with E-state index in [-0.39, 0.29) is 5.56 Å². The first-order chi connectivity index (χ1) is 7.77. The van der Waals surface area contributed by atoms with Gasteiger partial charge < -0.3 is 9.47 Å². The third kappa shape index (κ3) is 1.70. The summed E-state index contributed by atoms with van der Waals surface area (Å²) in [6.45, 7) is 0. The number of nitrogens with zero attached hydrogens (tertiary/aromatic N) is 1. The number of hydrogen-bond donors (Lipinski definition) is 1. The van der Waals surface area contributed by atoms with Crippen LogP contribution in [0.15, 0.2) is 29.1 Å². The molecule has 5 nitrogen and oxygen atoms in total. The Hall–Kier alpha value is -1.72. The van der Waals surface area contributed by atoms with Gasteiger partial charge in [-0.05, 0) is 6.07 Å². The molecule has 0 bridgehead atoms. The number of H-pyrrole nitrogens is 1. The van der Waals surface area contributed by atoms with Crippen LogP contribution in [-0.2, 0) is 9.47 Å². The fraction of sp³-hybridized carbons (Fsp3) is 0.273. The number of fused-ring (bicyclic) bond motifs is 1. The summed E-state index contributed by atoms with van der Waals surface area (Å²) in [7, 11) is 3.05. The Morgan fingerprint density at radius 2 is 1.81 bits per heavy atom. The molecule has 0 unspecified atom stereocenters. The van der Waals surface area contributed by atoms with Crippen molar-refractivity contribution < 1.29 is 9.47 Å². The summed E-state index contributed by atoms with van der Waals surface area (Å²) in [6, 6.07) is 7.20. The Morgan fingerprint density at radius 3 is 2.44 bits per heavy atom. The van der Waals surface area contributed by atoms with Crippen molar-refractivity contribution in [3.8, 4) is 0 Å². The van der Waals surface area contributed by atoms with Crippen molar-refractivity contribution in [1.29, 1.82) is 0 Å². The number of hydrogen-bond acceptors (Lipinski definition) is 4. The van der Waals surface area contributed by atoms with E-state index in [0.717, 1.165) is 5.39 Å². The summed E-state index contributed by atoms with van der Waals surface area (Å²) >= 11 is 0. The Morgan fingerprint density at radius 1 is 1.19 bits per heavy atom. The standard InChI is InChI=1S/C11H12N2O3/c1-15-11(16-2)9-7-5-3-4-6-8(7)10(14)13-12-9/h3-6,11H,1-2H3,(H,13,14). The largest absolute Gasteiger partial charge is 0.350 e. The van der Waals surface area contributed by atoms with Crippen molar-refractivity contribution in [1.82, 2.24) is 10.2 Å². The SMILES string of the molecule is COC(OC)c1n[nH]c(=O)c2ccccc12. The first-order valence-electron chi connectivity index (χ1n) is 4.81. The highest BCUT2D eigenvalue weighted by Gasteiger charge is 2.15. The Bertz CT molecular complexity index is 546. The third-order valence-corrected chi connectivity index (χ3v) is 2.38. The Kier molecular flexibility index (Phi) is 2.98. The van der Waals surface area contributed by atoms with Crippen molar-refractivity contribution in [2.45, 2.75) is 6.29 Å². The average Bonchev–Trinajstić information content (AvgIpc) is 2.34. The van der Waals surface area contributed by atoms with E-state index >= 15 is 0 Å². The number of nitrogens with one attached hydrogen (secondary N) is 1. The highest BCUT2D eigenvalue weighted by Crippen LogP contribution is 2.21. The Labute approximate surface area is 92.0 Å². The molecular weight excluding hydrogens is 208 g/mol. The van der Waals surface area contributed by atoms with Gasteiger partial charge in [-0.3, -0.25) is 4.79 Å². The molecule has 84 valence electrons. The van der Waals surface area contributed by atoms with Gasteiger partial charge in [0, 0.05) is 19.6 Å². The number of benzene rings is 1. The Balaban J connectivity index is 2.71. The van der Waals surface area contributed by atoms with Gasteiger partial charge in [0.1, 0.15) is 5.69 Å². The summed E-state index contributed by atoms with van der Waals surface area (Å²) in [5.74, 6) is 0. The quantitative estimate of drug-likeness (QED) is 0.790. The normalized spacial score (nSPS) is 11.2. The van der Waals surface area contributed by atoms with Crippen LogP contribution in [0.4, 0.5) is 0 Å². The molecule has 0 fully saturated rings. The van der Waals surface area contributed by atoms with Gasteiger partial charge in [0.25, 0.3) is 5.56 Å². The summed E-state index contributed by atoms with van der Waals surface area (Å²) in [5.41, 5.74) is 0.352. The monoisotopic (exact) mass is 220 g/mol. The van der Waals surface area contributed by atoms with E-state index in [2.05, 4.69) is 10.2 Å². The lowest BCUT2D eigenvalue weighted by Gasteiger charge is -2.13. The fourth-order valence-electron chi connectivity index (χ4n) is 1.64. The molecule has 1 heterocycles. The maximum Gasteiger partial charge on any atom is 0.272 e. The minimum absolute atomic E-state index is 0.217. The van der Waals surface area contributed by atoms with Crippen LogP contribution < -0.4 is 5.56 Å². The second-order valence-electron chi connectivity index (χ2n) is 3.29. The lowest BCUT2D eigenvalue weighted by molar-refractivity contribution is -0.108. The van der Waals surface area contributed by atoms with E-state index < -0.39 is 6.29 Å². The van der Waals surface area contributed by atoms with Crippen molar-refractivity contribution in [2.75, 3.05) is 14.2 Å². The third-order valence-electron chi connectivity index (χ3n) is 2.38. The topological polar surface area (TPSA) is 64.2 Å². The van der Waals surface area contributed by atoms with Crippen LogP contribution in [0.1, 0.15) is 12.0 Å². The van der Waals surface area contributed by atoms with E-state index in [1.54, 1.807) is 12.1 Å². The molecule has 1 N–H and O–H groups in total. The molecule has 0 saturated carbocycles. The second kappa shape index (κ2) is 4.42. The van der Waals surface area contributed by atoms with E-state index in [9.17, 15) is 4.79 Å². The molecular formula is C11H12N2O3. The molecule has 2 rings (SSSR count). The molecule has 5 heteroatoms. The van der Waals surface area contributed by atoms with Crippen LogP contribution in [-0.4, -0.2) is 24.4 Å². The molecule has 0 aliphatic heterocycles. The van der Waals surface area contributed by atoms with Gasteiger partial charge in [0.2, 0.25) is 6.29 Å². The van der Waals surface area contributed by atoms with Crippen molar-refractivity contribution in [2.24, 2.45) is 0 Å². The van der Waals surface area contributed by atoms with Crippen LogP contribution in [0.25, 0.3) is 10.8 Å². The molecule has 2 aromatic rings. The predicted octanol–water partition coefficient (Wildman–Crippen LogP) is 1.21. The molecule has 0 radical (unpaired) electrons. The highest BCUT2D eigenvalue weighted by molar-refractivity contribution is 5.83. The molecule has 0 aliphatic carbocycles. The molecule has 0 spiro atoms. The summed E-state index contributed by atoms with van der Waals surface area (Å²) in [4.78, 5) is 11.5. The van der Waals surface area contributed by atoms with Gasteiger partial charge in [0.05, 0.1) is 5.39 Å². The molecule has 0 amide bonds. The van der Waals surface area contributed by atoms with E-state index in [1.807, 2.05) is 12.1 Å². The zero-order chi connectivity index (χ0) is 11.5. The molecule has 0 saturated heterocycles. The van der Waals surface area contributed by atoms with Crippen LogP contribution in [0, 0.1) is 0 Å². The summed E-state index contributed by atoms with van der Waals surface area (Å²) in [6.07, 6.45) is -0.582. The van der Waals surface area contributed by atoms with Crippen molar-refractivity contribution in [3.63, 3.8) is 0 Å². The minimum atomic E-state index is -0.582. The lowest BCUT2D eigenvalue weighted by atomic mass is 10.1. The maximum absolute atomic E-state index is 11.5. The van der Waals surface area contributed by atoms with E-state index in [4.69, 9.17) is 9.47 Å². The maximum atomic E-state index is 11.5. The van der Waals surface area contributed by atoms with Gasteiger partial charge in [-0.2, -0.15) is 5.10 Å². The molecule has 0 aliphatic rings. The van der Waals surface area contributed by atoms with Crippen molar-refractivity contribution >= 4 is 10.8 Å².